The normalized spacial score (nSPS) is 11.6. The van der Waals surface area contributed by atoms with E-state index in [0.717, 1.165) is 109 Å². The Morgan fingerprint density at radius 3 is 1.12 bits per heavy atom. The van der Waals surface area contributed by atoms with Crippen LogP contribution in [0, 0.1) is 6.92 Å². The van der Waals surface area contributed by atoms with Gasteiger partial charge in [0.15, 0.2) is 11.9 Å². The van der Waals surface area contributed by atoms with Crippen molar-refractivity contribution in [2.24, 2.45) is 0 Å². The average molecular weight is 1020 g/mol. The number of carbonyl (C=O) groups is 6. The SMILES string of the molecule is [CH2-]CCNCCCCC(O)OC(CC(=O)OCCCCCCOC(=O)CCCCCC)(CC(=O)OCCCCCCOC(=O)CCCCCC)C(=O)OCCCCCCOC(=O)CCCCCC.[Ti]. The fraction of sp³-hybridized carbons (Fsp3) is 0.868. The van der Waals surface area contributed by atoms with Gasteiger partial charge >= 0.3 is 35.8 Å². The second-order valence-electron chi connectivity index (χ2n) is 17.9. The van der Waals surface area contributed by atoms with Crippen LogP contribution in [0.5, 0.6) is 0 Å². The van der Waals surface area contributed by atoms with Crippen LogP contribution in [0.15, 0.2) is 0 Å². The van der Waals surface area contributed by atoms with Crippen LogP contribution in [0.2, 0.25) is 0 Å². The number of hydrogen-bond donors (Lipinski definition) is 2. The molecule has 0 aromatic heterocycles. The summed E-state index contributed by atoms with van der Waals surface area (Å²) in [5.74, 6) is -3.12. The van der Waals surface area contributed by atoms with Crippen LogP contribution in [0.3, 0.4) is 0 Å². The Morgan fingerprint density at radius 2 is 0.768 bits per heavy atom. The minimum Gasteiger partial charge on any atom is -0.466 e. The molecule has 15 nitrogen and oxygen atoms in total. The van der Waals surface area contributed by atoms with Crippen LogP contribution >= 0.6 is 0 Å². The molecule has 2 N–H and O–H groups in total. The van der Waals surface area contributed by atoms with E-state index in [4.69, 9.17) is 33.2 Å². The Bertz CT molecular complexity index is 1220. The van der Waals surface area contributed by atoms with Crippen molar-refractivity contribution in [1.29, 1.82) is 0 Å². The summed E-state index contributed by atoms with van der Waals surface area (Å²) in [6, 6.07) is 0. The van der Waals surface area contributed by atoms with Gasteiger partial charge < -0.3 is 50.5 Å². The number of esters is 6. The van der Waals surface area contributed by atoms with E-state index < -0.39 is 42.6 Å². The molecule has 69 heavy (non-hydrogen) atoms. The first-order valence-electron chi connectivity index (χ1n) is 26.8. The van der Waals surface area contributed by atoms with Gasteiger partial charge in [0, 0.05) is 41.0 Å². The molecule has 0 aromatic rings. The number of rotatable bonds is 50. The molecule has 0 heterocycles. The van der Waals surface area contributed by atoms with E-state index in [2.05, 4.69) is 33.0 Å². The predicted molar refractivity (Wildman–Crippen MR) is 263 cm³/mol. The van der Waals surface area contributed by atoms with E-state index in [1.165, 1.54) is 0 Å². The van der Waals surface area contributed by atoms with E-state index in [0.29, 0.717) is 116 Å². The third-order valence-corrected chi connectivity index (χ3v) is 11.4. The fourth-order valence-electron chi connectivity index (χ4n) is 7.25. The topological polar surface area (TPSA) is 199 Å². The molecule has 1 unspecified atom stereocenters. The molecule has 1 atom stereocenters. The molecular formula is C53H96NO14Ti-. The van der Waals surface area contributed by atoms with Crippen molar-refractivity contribution < 1.29 is 88.7 Å². The van der Waals surface area contributed by atoms with Gasteiger partial charge in [0.1, 0.15) is 0 Å². The maximum Gasteiger partial charge on any atom is 0.339 e. The molecule has 0 fully saturated rings. The van der Waals surface area contributed by atoms with E-state index in [9.17, 15) is 33.9 Å². The van der Waals surface area contributed by atoms with E-state index in [1.54, 1.807) is 0 Å². The van der Waals surface area contributed by atoms with Gasteiger partial charge in [-0.15, -0.1) is 0 Å². The van der Waals surface area contributed by atoms with Gasteiger partial charge in [-0.25, -0.2) is 4.79 Å². The van der Waals surface area contributed by atoms with Crippen LogP contribution in [0.4, 0.5) is 0 Å². The van der Waals surface area contributed by atoms with E-state index in [-0.39, 0.29) is 65.9 Å². The summed E-state index contributed by atoms with van der Waals surface area (Å²) < 4.78 is 38.8. The van der Waals surface area contributed by atoms with E-state index in [1.807, 2.05) is 0 Å². The second-order valence-corrected chi connectivity index (χ2v) is 17.9. The van der Waals surface area contributed by atoms with E-state index >= 15 is 0 Å². The van der Waals surface area contributed by atoms with Gasteiger partial charge in [-0.05, 0) is 129 Å². The number of ether oxygens (including phenoxy) is 7. The first-order valence-corrected chi connectivity index (χ1v) is 26.8. The summed E-state index contributed by atoms with van der Waals surface area (Å²) in [6.07, 6.45) is 20.6. The number of nitrogens with one attached hydrogen (secondary N) is 1. The minimum absolute atomic E-state index is 0. The second kappa shape index (κ2) is 50.4. The average Bonchev–Trinajstić information content (AvgIpc) is 3.31. The molecule has 0 radical (unpaired) electrons. The molecule has 0 aliphatic heterocycles. The summed E-state index contributed by atoms with van der Waals surface area (Å²) >= 11 is 0. The molecule has 0 aliphatic rings. The molecule has 0 rings (SSSR count). The van der Waals surface area contributed by atoms with Gasteiger partial charge in [-0.3, -0.25) is 24.0 Å². The number of carbonyl (C=O) groups excluding carboxylic acids is 6. The van der Waals surface area contributed by atoms with Crippen LogP contribution in [-0.4, -0.2) is 106 Å². The Hall–Kier alpha value is -2.59. The van der Waals surface area contributed by atoms with Crippen LogP contribution in [0.1, 0.15) is 233 Å². The van der Waals surface area contributed by atoms with Crippen molar-refractivity contribution in [2.75, 3.05) is 52.7 Å². The van der Waals surface area contributed by atoms with Crippen LogP contribution < -0.4 is 5.32 Å². The summed E-state index contributed by atoms with van der Waals surface area (Å²) in [4.78, 5) is 76.9. The monoisotopic (exact) mass is 1020 g/mol. The molecule has 0 amide bonds. The molecule has 0 saturated carbocycles. The van der Waals surface area contributed by atoms with Crippen molar-refractivity contribution in [1.82, 2.24) is 5.32 Å². The Morgan fingerprint density at radius 1 is 0.435 bits per heavy atom. The Balaban J connectivity index is 0. The standard InChI is InChI=1S/C53H96NO14.Ti/c1-5-9-12-21-32-46(55)62-38-26-15-17-29-41-65-50(59)44-53(68-49(58)35-24-25-37-54-36-8-4,52(61)67-43-31-20-19-28-40-64-48(57)34-23-14-11-7-3)45-51(60)66-42-30-18-16-27-39-63-47(56)33-22-13-10-6-2;/h49,54,58H,4-45H2,1-3H3;/q-1;. The largest absolute Gasteiger partial charge is 0.466 e. The molecule has 0 bridgehead atoms. The number of aliphatic hydroxyl groups excluding tert-OH is 1. The van der Waals surface area contributed by atoms with Crippen molar-refractivity contribution in [2.45, 2.75) is 245 Å². The third-order valence-electron chi connectivity index (χ3n) is 11.4. The maximum atomic E-state index is 14.1. The summed E-state index contributed by atoms with van der Waals surface area (Å²) in [5, 5.41) is 14.4. The smallest absolute Gasteiger partial charge is 0.339 e. The van der Waals surface area contributed by atoms with Gasteiger partial charge in [0.25, 0.3) is 0 Å². The van der Waals surface area contributed by atoms with Crippen molar-refractivity contribution in [3.05, 3.63) is 6.92 Å². The predicted octanol–water partition coefficient (Wildman–Crippen LogP) is 10.7. The maximum absolute atomic E-state index is 14.1. The number of hydrogen-bond acceptors (Lipinski definition) is 15. The van der Waals surface area contributed by atoms with Gasteiger partial charge in [0.05, 0.1) is 52.5 Å². The van der Waals surface area contributed by atoms with Crippen molar-refractivity contribution in [3.8, 4) is 0 Å². The third kappa shape index (κ3) is 43.9. The fourth-order valence-corrected chi connectivity index (χ4v) is 7.25. The zero-order chi connectivity index (χ0) is 50.2. The Kier molecular flexibility index (Phi) is 50.0. The van der Waals surface area contributed by atoms with Gasteiger partial charge in [-0.1, -0.05) is 78.6 Å². The zero-order valence-corrected chi connectivity index (χ0v) is 45.1. The zero-order valence-electron chi connectivity index (χ0n) is 43.5. The molecule has 0 spiro atoms. The molecule has 16 heteroatoms. The molecule has 0 aromatic carbocycles. The van der Waals surface area contributed by atoms with Gasteiger partial charge in [0.2, 0.25) is 0 Å². The summed E-state index contributed by atoms with van der Waals surface area (Å²) in [6.45, 7) is 12.7. The quantitative estimate of drug-likeness (QED) is 0.0146. The van der Waals surface area contributed by atoms with Crippen LogP contribution in [0.25, 0.3) is 0 Å². The van der Waals surface area contributed by atoms with Gasteiger partial charge in [-0.2, -0.15) is 6.42 Å². The molecular weight excluding hydrogens is 922 g/mol. The molecule has 0 saturated heterocycles. The number of aliphatic hydroxyl groups is 1. The minimum atomic E-state index is -2.22. The summed E-state index contributed by atoms with van der Waals surface area (Å²) in [5.41, 5.74) is -2.22. The van der Waals surface area contributed by atoms with Crippen molar-refractivity contribution in [3.63, 3.8) is 0 Å². The first kappa shape index (κ1) is 68.5. The van der Waals surface area contributed by atoms with Crippen LogP contribution in [-0.2, 0) is 83.6 Å². The Labute approximate surface area is 432 Å². The molecule has 0 aliphatic carbocycles. The van der Waals surface area contributed by atoms with Crippen molar-refractivity contribution >= 4 is 35.8 Å². The first-order chi connectivity index (χ1) is 33.0. The molecule has 402 valence electrons. The number of unbranched alkanes of at least 4 members (excludes halogenated alkanes) is 19. The summed E-state index contributed by atoms with van der Waals surface area (Å²) in [7, 11) is 0.